The number of rotatable bonds is 5. The smallest absolute Gasteiger partial charge is 0.315 e. The van der Waals surface area contributed by atoms with E-state index in [-0.39, 0.29) is 18.4 Å². The number of carbonyl (C=O) groups excluding carboxylic acids is 2. The normalized spacial score (nSPS) is 17.2. The van der Waals surface area contributed by atoms with Gasteiger partial charge in [-0.3, -0.25) is 9.59 Å². The Kier molecular flexibility index (Phi) is 5.39. The number of hydrogen-bond acceptors (Lipinski definition) is 5. The summed E-state index contributed by atoms with van der Waals surface area (Å²) in [4.78, 5) is 24.8. The number of amides is 1. The monoisotopic (exact) mass is 329 g/mol. The number of nitrogens with one attached hydrogen (secondary N) is 1. The molecule has 0 spiro atoms. The van der Waals surface area contributed by atoms with E-state index in [1.807, 2.05) is 25.3 Å². The van der Waals surface area contributed by atoms with Gasteiger partial charge in [-0.2, -0.15) is 5.10 Å². The Balaban J connectivity index is 2.02. The van der Waals surface area contributed by atoms with Crippen LogP contribution in [0.3, 0.4) is 0 Å². The second-order valence-corrected chi connectivity index (χ2v) is 6.05. The van der Waals surface area contributed by atoms with Crippen molar-refractivity contribution in [1.29, 1.82) is 0 Å². The minimum atomic E-state index is -0.560. The minimum absolute atomic E-state index is 0.147. The Morgan fingerprint density at radius 2 is 2.04 bits per heavy atom. The van der Waals surface area contributed by atoms with Gasteiger partial charge in [-0.15, -0.1) is 0 Å². The molecular weight excluding hydrogens is 306 g/mol. The van der Waals surface area contributed by atoms with Crippen LogP contribution in [0.15, 0.2) is 41.1 Å². The molecule has 1 aliphatic heterocycles. The molecule has 0 aliphatic carbocycles. The van der Waals surface area contributed by atoms with Crippen molar-refractivity contribution in [3.8, 4) is 0 Å². The first kappa shape index (κ1) is 17.7. The van der Waals surface area contributed by atoms with Gasteiger partial charge in [-0.25, -0.2) is 5.43 Å². The summed E-state index contributed by atoms with van der Waals surface area (Å²) in [5.74, 6) is -1.05. The molecule has 1 aliphatic rings. The lowest BCUT2D eigenvalue weighted by molar-refractivity contribution is -0.145. The van der Waals surface area contributed by atoms with Crippen LogP contribution in [0.4, 0.5) is 5.69 Å². The van der Waals surface area contributed by atoms with Gasteiger partial charge < -0.3 is 9.64 Å². The van der Waals surface area contributed by atoms with Crippen LogP contribution in [0, 0.1) is 0 Å². The largest absolute Gasteiger partial charge is 0.466 e. The molecule has 2 rings (SSSR count). The number of ether oxygens (including phenoxy) is 1. The number of nitrogens with zero attached hydrogens (tertiary/aromatic N) is 2. The van der Waals surface area contributed by atoms with Gasteiger partial charge in [0, 0.05) is 30.1 Å². The lowest BCUT2D eigenvalue weighted by Gasteiger charge is -2.23. The lowest BCUT2D eigenvalue weighted by Crippen LogP contribution is -2.24. The number of allylic oxidation sites excluding steroid dienone is 2. The Bertz CT molecular complexity index is 693. The van der Waals surface area contributed by atoms with Crippen molar-refractivity contribution in [1.82, 2.24) is 5.43 Å². The van der Waals surface area contributed by atoms with E-state index >= 15 is 0 Å². The van der Waals surface area contributed by atoms with Crippen molar-refractivity contribution in [3.63, 3.8) is 0 Å². The molecule has 0 saturated heterocycles. The standard InChI is InChI=1S/C18H23N3O3/c1-5-24-17(23)12-16(22)20-19-11-10-15-18(2,3)13-8-6-7-9-14(13)21(15)4/h6-11H,5,12H2,1-4H3,(H,20,22)/b15-10-,19-11+. The van der Waals surface area contributed by atoms with Crippen LogP contribution in [0.1, 0.15) is 32.8 Å². The summed E-state index contributed by atoms with van der Waals surface area (Å²) in [6.45, 7) is 6.24. The first-order valence-corrected chi connectivity index (χ1v) is 7.89. The van der Waals surface area contributed by atoms with Crippen molar-refractivity contribution in [3.05, 3.63) is 41.6 Å². The first-order chi connectivity index (χ1) is 11.4. The number of anilines is 1. The van der Waals surface area contributed by atoms with E-state index in [4.69, 9.17) is 4.74 Å². The van der Waals surface area contributed by atoms with Gasteiger partial charge in [0.2, 0.25) is 0 Å². The molecule has 24 heavy (non-hydrogen) atoms. The Hall–Kier alpha value is -2.63. The quantitative estimate of drug-likeness (QED) is 0.390. The highest BCUT2D eigenvalue weighted by Gasteiger charge is 2.37. The average molecular weight is 329 g/mol. The molecule has 6 nitrogen and oxygen atoms in total. The molecule has 1 aromatic carbocycles. The summed E-state index contributed by atoms with van der Waals surface area (Å²) in [6, 6.07) is 8.24. The lowest BCUT2D eigenvalue weighted by atomic mass is 9.84. The van der Waals surface area contributed by atoms with Crippen LogP contribution in [-0.4, -0.2) is 31.7 Å². The summed E-state index contributed by atoms with van der Waals surface area (Å²) in [5.41, 5.74) is 5.66. The summed E-state index contributed by atoms with van der Waals surface area (Å²) in [5, 5.41) is 3.88. The summed E-state index contributed by atoms with van der Waals surface area (Å²) in [7, 11) is 2.01. The average Bonchev–Trinajstić information content (AvgIpc) is 2.72. The predicted octanol–water partition coefficient (Wildman–Crippen LogP) is 2.35. The number of para-hydroxylation sites is 1. The highest BCUT2D eigenvalue weighted by atomic mass is 16.5. The number of carbonyl (C=O) groups is 2. The van der Waals surface area contributed by atoms with E-state index in [0.29, 0.717) is 0 Å². The Morgan fingerprint density at radius 3 is 2.71 bits per heavy atom. The third-order valence-electron chi connectivity index (χ3n) is 4.05. The van der Waals surface area contributed by atoms with Crippen molar-refractivity contribution >= 4 is 23.8 Å². The van der Waals surface area contributed by atoms with Gasteiger partial charge in [0.15, 0.2) is 0 Å². The molecule has 1 N–H and O–H groups in total. The zero-order valence-electron chi connectivity index (χ0n) is 14.5. The fourth-order valence-corrected chi connectivity index (χ4v) is 2.90. The molecule has 0 saturated carbocycles. The Morgan fingerprint density at radius 1 is 1.33 bits per heavy atom. The summed E-state index contributed by atoms with van der Waals surface area (Å²) < 4.78 is 4.71. The number of fused-ring (bicyclic) bond motifs is 1. The topological polar surface area (TPSA) is 71.0 Å². The maximum atomic E-state index is 11.5. The zero-order chi connectivity index (χ0) is 17.7. The molecule has 0 aromatic heterocycles. The van der Waals surface area contributed by atoms with Crippen LogP contribution >= 0.6 is 0 Å². The van der Waals surface area contributed by atoms with Gasteiger partial charge in [0.1, 0.15) is 6.42 Å². The third kappa shape index (κ3) is 3.64. The zero-order valence-corrected chi connectivity index (χ0v) is 14.5. The Labute approximate surface area is 142 Å². The van der Waals surface area contributed by atoms with E-state index in [1.54, 1.807) is 6.92 Å². The highest BCUT2D eigenvalue weighted by Crippen LogP contribution is 2.46. The second-order valence-electron chi connectivity index (χ2n) is 6.05. The van der Waals surface area contributed by atoms with Crippen LogP contribution < -0.4 is 10.3 Å². The number of hydrogen-bond donors (Lipinski definition) is 1. The minimum Gasteiger partial charge on any atom is -0.466 e. The number of hydrazone groups is 1. The fourth-order valence-electron chi connectivity index (χ4n) is 2.90. The van der Waals surface area contributed by atoms with Gasteiger partial charge in [-0.1, -0.05) is 32.0 Å². The van der Waals surface area contributed by atoms with Crippen LogP contribution in [0.5, 0.6) is 0 Å². The highest BCUT2D eigenvalue weighted by molar-refractivity contribution is 5.94. The van der Waals surface area contributed by atoms with Crippen molar-refractivity contribution in [2.75, 3.05) is 18.6 Å². The molecule has 1 amide bonds. The predicted molar refractivity (Wildman–Crippen MR) is 93.8 cm³/mol. The molecule has 0 fully saturated rings. The van der Waals surface area contributed by atoms with E-state index in [9.17, 15) is 9.59 Å². The number of likely N-dealkylation sites (N-methyl/N-ethyl adjacent to an activating group) is 1. The molecule has 1 aromatic rings. The first-order valence-electron chi connectivity index (χ1n) is 7.89. The molecule has 6 heteroatoms. The SMILES string of the molecule is CCOC(=O)CC(=O)N/N=C/C=C1\N(C)c2ccccc2C1(C)C. The van der Waals surface area contributed by atoms with E-state index in [1.165, 1.54) is 11.8 Å². The third-order valence-corrected chi connectivity index (χ3v) is 4.05. The maximum absolute atomic E-state index is 11.5. The van der Waals surface area contributed by atoms with E-state index in [2.05, 4.69) is 41.4 Å². The molecule has 0 unspecified atom stereocenters. The number of esters is 1. The van der Waals surface area contributed by atoms with Gasteiger partial charge in [-0.05, 0) is 24.6 Å². The van der Waals surface area contributed by atoms with Crippen molar-refractivity contribution < 1.29 is 14.3 Å². The van der Waals surface area contributed by atoms with E-state index < -0.39 is 11.9 Å². The maximum Gasteiger partial charge on any atom is 0.315 e. The number of benzene rings is 1. The van der Waals surface area contributed by atoms with Gasteiger partial charge >= 0.3 is 5.97 Å². The van der Waals surface area contributed by atoms with Crippen molar-refractivity contribution in [2.24, 2.45) is 5.10 Å². The fraction of sp³-hybridized carbons (Fsp3) is 0.389. The van der Waals surface area contributed by atoms with Crippen LogP contribution in [-0.2, 0) is 19.7 Å². The molecule has 1 heterocycles. The van der Waals surface area contributed by atoms with Crippen molar-refractivity contribution in [2.45, 2.75) is 32.6 Å². The molecular formula is C18H23N3O3. The second kappa shape index (κ2) is 7.29. The van der Waals surface area contributed by atoms with Crippen LogP contribution in [0.2, 0.25) is 0 Å². The van der Waals surface area contributed by atoms with Gasteiger partial charge in [0.25, 0.3) is 5.91 Å². The van der Waals surface area contributed by atoms with Crippen LogP contribution in [0.25, 0.3) is 0 Å². The summed E-state index contributed by atoms with van der Waals surface area (Å²) >= 11 is 0. The molecule has 0 bridgehead atoms. The van der Waals surface area contributed by atoms with Gasteiger partial charge in [0.05, 0.1) is 6.61 Å². The molecule has 128 valence electrons. The molecule has 0 radical (unpaired) electrons. The molecule has 0 atom stereocenters. The summed E-state index contributed by atoms with van der Waals surface area (Å²) in [6.07, 6.45) is 3.06. The van der Waals surface area contributed by atoms with E-state index in [0.717, 1.165) is 11.4 Å².